The zero-order chi connectivity index (χ0) is 18.6. The fourth-order valence-electron chi connectivity index (χ4n) is 2.40. The Bertz CT molecular complexity index is 864. The molecule has 134 valence electrons. The van der Waals surface area contributed by atoms with Crippen LogP contribution < -0.4 is 10.0 Å². The third-order valence-electron chi connectivity index (χ3n) is 3.84. The molecule has 0 aliphatic rings. The van der Waals surface area contributed by atoms with E-state index in [4.69, 9.17) is 0 Å². The van der Waals surface area contributed by atoms with Crippen LogP contribution in [0.25, 0.3) is 0 Å². The third-order valence-corrected chi connectivity index (χ3v) is 5.39. The number of carbonyl (C=O) groups is 1. The zero-order valence-corrected chi connectivity index (χ0v) is 15.2. The minimum atomic E-state index is -3.92. The number of amides is 1. The standard InChI is InChI=1S/C18H21FN2O3S/c1-4-14-7-5-6-12(2)17(14)20-18(22)13(3)21-25(23,24)16-10-8-15(19)9-11-16/h5-11,13,21H,4H2,1-3H3,(H,20,22)/t13-/m1/s1. The largest absolute Gasteiger partial charge is 0.324 e. The molecular formula is C18H21FN2O3S. The van der Waals surface area contributed by atoms with Gasteiger partial charge in [-0.3, -0.25) is 4.79 Å². The van der Waals surface area contributed by atoms with Crippen molar-refractivity contribution in [3.63, 3.8) is 0 Å². The maximum atomic E-state index is 12.9. The summed E-state index contributed by atoms with van der Waals surface area (Å²) in [6, 6.07) is 9.12. The van der Waals surface area contributed by atoms with E-state index < -0.39 is 27.8 Å². The van der Waals surface area contributed by atoms with E-state index in [9.17, 15) is 17.6 Å². The number of nitrogens with one attached hydrogen (secondary N) is 2. The van der Waals surface area contributed by atoms with Crippen LogP contribution in [0.15, 0.2) is 47.4 Å². The van der Waals surface area contributed by atoms with E-state index in [1.165, 1.54) is 6.92 Å². The second kappa shape index (κ2) is 7.76. The van der Waals surface area contributed by atoms with E-state index in [0.29, 0.717) is 5.69 Å². The lowest BCUT2D eigenvalue weighted by Gasteiger charge is -2.17. The van der Waals surface area contributed by atoms with E-state index in [1.54, 1.807) is 0 Å². The van der Waals surface area contributed by atoms with Gasteiger partial charge in [-0.1, -0.05) is 25.1 Å². The molecule has 2 N–H and O–H groups in total. The molecular weight excluding hydrogens is 343 g/mol. The molecule has 1 atom stereocenters. The van der Waals surface area contributed by atoms with Crippen molar-refractivity contribution >= 4 is 21.6 Å². The van der Waals surface area contributed by atoms with Gasteiger partial charge in [0.15, 0.2) is 0 Å². The Kier molecular flexibility index (Phi) is 5.92. The molecule has 0 fully saturated rings. The van der Waals surface area contributed by atoms with Crippen molar-refractivity contribution in [3.05, 3.63) is 59.4 Å². The van der Waals surface area contributed by atoms with Crippen molar-refractivity contribution in [1.82, 2.24) is 4.72 Å². The van der Waals surface area contributed by atoms with Crippen LogP contribution in [-0.2, 0) is 21.2 Å². The Morgan fingerprint density at radius 1 is 1.16 bits per heavy atom. The van der Waals surface area contributed by atoms with Crippen molar-refractivity contribution in [2.45, 2.75) is 38.1 Å². The monoisotopic (exact) mass is 364 g/mol. The lowest BCUT2D eigenvalue weighted by molar-refractivity contribution is -0.117. The molecule has 2 rings (SSSR count). The minimum Gasteiger partial charge on any atom is -0.324 e. The average molecular weight is 364 g/mol. The summed E-state index contributed by atoms with van der Waals surface area (Å²) >= 11 is 0. The second-order valence-corrected chi connectivity index (χ2v) is 7.46. The van der Waals surface area contributed by atoms with Gasteiger partial charge in [0.2, 0.25) is 15.9 Å². The fourth-order valence-corrected chi connectivity index (χ4v) is 3.60. The predicted octanol–water partition coefficient (Wildman–Crippen LogP) is 3.00. The SMILES string of the molecule is CCc1cccc(C)c1NC(=O)[C@@H](C)NS(=O)(=O)c1ccc(F)cc1. The Hall–Kier alpha value is -2.25. The summed E-state index contributed by atoms with van der Waals surface area (Å²) in [6.07, 6.45) is 0.743. The Morgan fingerprint density at radius 3 is 2.40 bits per heavy atom. The molecule has 1 amide bonds. The van der Waals surface area contributed by atoms with Crippen LogP contribution in [0.3, 0.4) is 0 Å². The first-order chi connectivity index (χ1) is 11.7. The maximum Gasteiger partial charge on any atom is 0.242 e. The van der Waals surface area contributed by atoms with Crippen LogP contribution in [0.1, 0.15) is 25.0 Å². The first-order valence-electron chi connectivity index (χ1n) is 7.92. The van der Waals surface area contributed by atoms with Crippen LogP contribution in [-0.4, -0.2) is 20.4 Å². The Labute approximate surface area is 147 Å². The molecule has 0 spiro atoms. The van der Waals surface area contributed by atoms with Crippen LogP contribution in [0.5, 0.6) is 0 Å². The molecule has 0 saturated carbocycles. The second-order valence-electron chi connectivity index (χ2n) is 5.75. The number of hydrogen-bond donors (Lipinski definition) is 2. The van der Waals surface area contributed by atoms with Crippen LogP contribution in [0, 0.1) is 12.7 Å². The van der Waals surface area contributed by atoms with Crippen molar-refractivity contribution < 1.29 is 17.6 Å². The van der Waals surface area contributed by atoms with Gasteiger partial charge < -0.3 is 5.32 Å². The zero-order valence-electron chi connectivity index (χ0n) is 14.3. The van der Waals surface area contributed by atoms with E-state index >= 15 is 0 Å². The van der Waals surface area contributed by atoms with Crippen molar-refractivity contribution in [2.24, 2.45) is 0 Å². The van der Waals surface area contributed by atoms with E-state index in [1.807, 2.05) is 32.0 Å². The normalized spacial score (nSPS) is 12.6. The number of rotatable bonds is 6. The summed E-state index contributed by atoms with van der Waals surface area (Å²) < 4.78 is 39.8. The topological polar surface area (TPSA) is 75.3 Å². The summed E-state index contributed by atoms with van der Waals surface area (Å²) in [5.74, 6) is -0.994. The van der Waals surface area contributed by atoms with E-state index in [0.717, 1.165) is 41.8 Å². The number of hydrogen-bond acceptors (Lipinski definition) is 3. The highest BCUT2D eigenvalue weighted by atomic mass is 32.2. The molecule has 0 aliphatic carbocycles. The molecule has 25 heavy (non-hydrogen) atoms. The first-order valence-corrected chi connectivity index (χ1v) is 9.40. The Balaban J connectivity index is 2.14. The Morgan fingerprint density at radius 2 is 1.80 bits per heavy atom. The number of halogens is 1. The van der Waals surface area contributed by atoms with Gasteiger partial charge in [0.05, 0.1) is 10.9 Å². The minimum absolute atomic E-state index is 0.0984. The van der Waals surface area contributed by atoms with E-state index in [-0.39, 0.29) is 4.90 Å². The molecule has 5 nitrogen and oxygen atoms in total. The van der Waals surface area contributed by atoms with Gasteiger partial charge >= 0.3 is 0 Å². The molecule has 0 radical (unpaired) electrons. The predicted molar refractivity (Wildman–Crippen MR) is 95.4 cm³/mol. The lowest BCUT2D eigenvalue weighted by atomic mass is 10.1. The molecule has 0 unspecified atom stereocenters. The van der Waals surface area contributed by atoms with Crippen molar-refractivity contribution in [3.8, 4) is 0 Å². The maximum absolute atomic E-state index is 12.9. The molecule has 0 aromatic heterocycles. The van der Waals surface area contributed by atoms with Gasteiger partial charge in [0.1, 0.15) is 5.82 Å². The van der Waals surface area contributed by atoms with Gasteiger partial charge in [0, 0.05) is 5.69 Å². The highest BCUT2D eigenvalue weighted by molar-refractivity contribution is 7.89. The number of benzene rings is 2. The summed E-state index contributed by atoms with van der Waals surface area (Å²) in [7, 11) is -3.92. The number of para-hydroxylation sites is 1. The molecule has 0 saturated heterocycles. The third kappa shape index (κ3) is 4.64. The average Bonchev–Trinajstić information content (AvgIpc) is 2.56. The highest BCUT2D eigenvalue weighted by Gasteiger charge is 2.23. The summed E-state index contributed by atoms with van der Waals surface area (Å²) in [5.41, 5.74) is 2.58. The van der Waals surface area contributed by atoms with Gasteiger partial charge in [-0.2, -0.15) is 4.72 Å². The molecule has 0 heterocycles. The number of carbonyl (C=O) groups excluding carboxylic acids is 1. The molecule has 2 aromatic rings. The summed E-state index contributed by atoms with van der Waals surface area (Å²) in [6.45, 7) is 5.31. The van der Waals surface area contributed by atoms with Crippen molar-refractivity contribution in [1.29, 1.82) is 0 Å². The van der Waals surface area contributed by atoms with E-state index in [2.05, 4.69) is 10.0 Å². The highest BCUT2D eigenvalue weighted by Crippen LogP contribution is 2.21. The molecule has 7 heteroatoms. The molecule has 0 aliphatic heterocycles. The van der Waals surface area contributed by atoms with Crippen molar-refractivity contribution in [2.75, 3.05) is 5.32 Å². The quantitative estimate of drug-likeness (QED) is 0.827. The fraction of sp³-hybridized carbons (Fsp3) is 0.278. The first kappa shape index (κ1) is 19.1. The number of aryl methyl sites for hydroxylation is 2. The number of anilines is 1. The van der Waals surface area contributed by atoms with Gasteiger partial charge in [-0.25, -0.2) is 12.8 Å². The van der Waals surface area contributed by atoms with Crippen LogP contribution in [0.4, 0.5) is 10.1 Å². The lowest BCUT2D eigenvalue weighted by Crippen LogP contribution is -2.41. The summed E-state index contributed by atoms with van der Waals surface area (Å²) in [5, 5.41) is 2.79. The van der Waals surface area contributed by atoms with Crippen LogP contribution >= 0.6 is 0 Å². The van der Waals surface area contributed by atoms with Gasteiger partial charge in [0.25, 0.3) is 0 Å². The van der Waals surface area contributed by atoms with Gasteiger partial charge in [-0.15, -0.1) is 0 Å². The van der Waals surface area contributed by atoms with Gasteiger partial charge in [-0.05, 0) is 55.7 Å². The molecule has 0 bridgehead atoms. The smallest absolute Gasteiger partial charge is 0.242 e. The summed E-state index contributed by atoms with van der Waals surface area (Å²) in [4.78, 5) is 12.3. The number of sulfonamides is 1. The van der Waals surface area contributed by atoms with Crippen LogP contribution in [0.2, 0.25) is 0 Å². The molecule has 2 aromatic carbocycles.